The highest BCUT2D eigenvalue weighted by molar-refractivity contribution is 5.39. The summed E-state index contributed by atoms with van der Waals surface area (Å²) in [5.41, 5.74) is 0.792. The molecule has 1 aromatic heterocycles. The molecule has 79 valence electrons. The van der Waals surface area contributed by atoms with Crippen molar-refractivity contribution in [1.29, 1.82) is 5.26 Å². The number of rotatable bonds is 3. The summed E-state index contributed by atoms with van der Waals surface area (Å²) >= 11 is 0. The van der Waals surface area contributed by atoms with Crippen LogP contribution in [0.3, 0.4) is 0 Å². The summed E-state index contributed by atoms with van der Waals surface area (Å²) in [4.78, 5) is 4.12. The average molecular weight is 202 g/mol. The van der Waals surface area contributed by atoms with Gasteiger partial charge in [-0.05, 0) is 24.0 Å². The van der Waals surface area contributed by atoms with Crippen LogP contribution in [0.25, 0.3) is 0 Å². The van der Waals surface area contributed by atoms with Gasteiger partial charge in [0.1, 0.15) is 11.9 Å². The summed E-state index contributed by atoms with van der Waals surface area (Å²) in [7, 11) is 0. The summed E-state index contributed by atoms with van der Waals surface area (Å²) in [6.07, 6.45) is 3.76. The van der Waals surface area contributed by atoms with Crippen LogP contribution in [0.2, 0.25) is 0 Å². The fraction of sp³-hybridized carbons (Fsp3) is 0.417. The van der Waals surface area contributed by atoms with Crippen LogP contribution in [0.4, 0.5) is 5.82 Å². The predicted octanol–water partition coefficient (Wildman–Crippen LogP) is 2.62. The third-order valence-electron chi connectivity index (χ3n) is 1.89. The van der Waals surface area contributed by atoms with Gasteiger partial charge in [-0.2, -0.15) is 5.26 Å². The van der Waals surface area contributed by atoms with Crippen LogP contribution in [0.5, 0.6) is 0 Å². The second-order valence-corrected chi connectivity index (χ2v) is 4.49. The molecule has 0 atom stereocenters. The van der Waals surface area contributed by atoms with E-state index in [9.17, 15) is 0 Å². The third kappa shape index (κ3) is 4.46. The minimum atomic E-state index is 0.208. The molecule has 0 aromatic carbocycles. The molecule has 1 radical (unpaired) electrons. The number of aromatic nitrogens is 1. The van der Waals surface area contributed by atoms with Crippen LogP contribution in [0.1, 0.15) is 26.3 Å². The third-order valence-corrected chi connectivity index (χ3v) is 1.89. The first-order valence-electron chi connectivity index (χ1n) is 4.96. The van der Waals surface area contributed by atoms with Crippen molar-refractivity contribution in [3.05, 3.63) is 30.3 Å². The monoisotopic (exact) mass is 202 g/mol. The maximum absolute atomic E-state index is 8.59. The highest BCUT2D eigenvalue weighted by Gasteiger charge is 2.09. The number of anilines is 1. The lowest BCUT2D eigenvalue weighted by Gasteiger charge is -2.17. The van der Waals surface area contributed by atoms with Gasteiger partial charge in [0.25, 0.3) is 0 Å². The molecule has 1 heterocycles. The van der Waals surface area contributed by atoms with E-state index in [1.807, 2.05) is 12.1 Å². The van der Waals surface area contributed by atoms with Crippen LogP contribution in [-0.2, 0) is 0 Å². The highest BCUT2D eigenvalue weighted by atomic mass is 15.0. The number of hydrogen-bond acceptors (Lipinski definition) is 3. The highest BCUT2D eigenvalue weighted by Crippen LogP contribution is 2.16. The van der Waals surface area contributed by atoms with E-state index in [1.54, 1.807) is 12.3 Å². The first-order valence-corrected chi connectivity index (χ1v) is 4.96. The van der Waals surface area contributed by atoms with E-state index >= 15 is 0 Å². The molecule has 15 heavy (non-hydrogen) atoms. The molecule has 0 spiro atoms. The van der Waals surface area contributed by atoms with Crippen LogP contribution in [-0.4, -0.2) is 11.5 Å². The predicted molar refractivity (Wildman–Crippen MR) is 61.2 cm³/mol. The SMILES string of the molecule is CC(C)(C)[CH]CNc1ccc(C#N)cn1. The van der Waals surface area contributed by atoms with Gasteiger partial charge >= 0.3 is 0 Å². The van der Waals surface area contributed by atoms with E-state index in [0.717, 1.165) is 12.4 Å². The average Bonchev–Trinajstić information content (AvgIpc) is 2.17. The number of nitrogens with zero attached hydrogens (tertiary/aromatic N) is 2. The van der Waals surface area contributed by atoms with E-state index in [1.165, 1.54) is 0 Å². The quantitative estimate of drug-likeness (QED) is 0.819. The smallest absolute Gasteiger partial charge is 0.125 e. The van der Waals surface area contributed by atoms with Crippen LogP contribution >= 0.6 is 0 Å². The van der Waals surface area contributed by atoms with Crippen molar-refractivity contribution in [2.75, 3.05) is 11.9 Å². The number of pyridine rings is 1. The first kappa shape index (κ1) is 11.5. The molecular formula is C12H16N3. The minimum absolute atomic E-state index is 0.208. The van der Waals surface area contributed by atoms with E-state index in [4.69, 9.17) is 5.26 Å². The number of nitrogens with one attached hydrogen (secondary N) is 1. The first-order chi connectivity index (χ1) is 7.01. The van der Waals surface area contributed by atoms with Crippen molar-refractivity contribution in [3.63, 3.8) is 0 Å². The molecule has 0 amide bonds. The summed E-state index contributed by atoms with van der Waals surface area (Å²) in [5.74, 6) is 0.800. The summed E-state index contributed by atoms with van der Waals surface area (Å²) in [6.45, 7) is 7.24. The van der Waals surface area contributed by atoms with Gasteiger partial charge in [0.2, 0.25) is 0 Å². The maximum atomic E-state index is 8.59. The van der Waals surface area contributed by atoms with Gasteiger partial charge in [0.15, 0.2) is 0 Å². The van der Waals surface area contributed by atoms with E-state index in [-0.39, 0.29) is 5.41 Å². The van der Waals surface area contributed by atoms with Crippen molar-refractivity contribution in [1.82, 2.24) is 4.98 Å². The zero-order valence-electron chi connectivity index (χ0n) is 9.41. The second-order valence-electron chi connectivity index (χ2n) is 4.49. The van der Waals surface area contributed by atoms with E-state index < -0.39 is 0 Å². The minimum Gasteiger partial charge on any atom is -0.370 e. The van der Waals surface area contributed by atoms with Crippen LogP contribution in [0, 0.1) is 23.2 Å². The topological polar surface area (TPSA) is 48.7 Å². The van der Waals surface area contributed by atoms with Gasteiger partial charge in [-0.1, -0.05) is 20.8 Å². The van der Waals surface area contributed by atoms with Gasteiger partial charge in [-0.25, -0.2) is 4.98 Å². The maximum Gasteiger partial charge on any atom is 0.125 e. The molecular weight excluding hydrogens is 186 g/mol. The van der Waals surface area contributed by atoms with Crippen molar-refractivity contribution >= 4 is 5.82 Å². The van der Waals surface area contributed by atoms with Gasteiger partial charge in [0.05, 0.1) is 5.56 Å². The van der Waals surface area contributed by atoms with Gasteiger partial charge in [-0.15, -0.1) is 0 Å². The molecule has 0 saturated heterocycles. The van der Waals surface area contributed by atoms with Crippen molar-refractivity contribution in [3.8, 4) is 6.07 Å². The molecule has 0 fully saturated rings. The van der Waals surface area contributed by atoms with Gasteiger partial charge in [-0.3, -0.25) is 0 Å². The molecule has 3 nitrogen and oxygen atoms in total. The number of hydrogen-bond donors (Lipinski definition) is 1. The van der Waals surface area contributed by atoms with Crippen molar-refractivity contribution in [2.45, 2.75) is 20.8 Å². The molecule has 0 aliphatic heterocycles. The lowest BCUT2D eigenvalue weighted by atomic mass is 9.92. The van der Waals surface area contributed by atoms with E-state index in [0.29, 0.717) is 5.56 Å². The fourth-order valence-electron chi connectivity index (χ4n) is 1.03. The Bertz CT molecular complexity index is 341. The number of nitriles is 1. The Balaban J connectivity index is 2.42. The Kier molecular flexibility index (Phi) is 3.68. The molecule has 1 rings (SSSR count). The van der Waals surface area contributed by atoms with E-state index in [2.05, 4.69) is 37.5 Å². The van der Waals surface area contributed by atoms with Crippen molar-refractivity contribution < 1.29 is 0 Å². The molecule has 1 N–H and O–H groups in total. The molecule has 0 bridgehead atoms. The Labute approximate surface area is 91.1 Å². The molecule has 0 unspecified atom stereocenters. The van der Waals surface area contributed by atoms with Gasteiger partial charge in [0, 0.05) is 12.7 Å². The lowest BCUT2D eigenvalue weighted by molar-refractivity contribution is 0.490. The summed E-state index contributed by atoms with van der Waals surface area (Å²) in [6, 6.07) is 5.61. The Morgan fingerprint density at radius 2 is 2.20 bits per heavy atom. The van der Waals surface area contributed by atoms with Gasteiger partial charge < -0.3 is 5.32 Å². The Morgan fingerprint density at radius 1 is 1.47 bits per heavy atom. The Morgan fingerprint density at radius 3 is 2.67 bits per heavy atom. The van der Waals surface area contributed by atoms with Crippen LogP contribution in [0.15, 0.2) is 18.3 Å². The molecule has 0 aliphatic rings. The molecule has 0 saturated carbocycles. The summed E-state index contributed by atoms with van der Waals surface area (Å²) in [5, 5.41) is 11.8. The standard InChI is InChI=1S/C12H16N3/c1-12(2,3)6-7-14-11-5-4-10(8-13)9-15-11/h4-6,9H,7H2,1-3H3,(H,14,15). The fourth-order valence-corrected chi connectivity index (χ4v) is 1.03. The molecule has 3 heteroatoms. The lowest BCUT2D eigenvalue weighted by Crippen LogP contribution is -2.14. The normalized spacial score (nSPS) is 10.8. The molecule has 1 aromatic rings. The second kappa shape index (κ2) is 4.79. The zero-order valence-corrected chi connectivity index (χ0v) is 9.41. The Hall–Kier alpha value is -1.56. The molecule has 0 aliphatic carbocycles. The summed E-state index contributed by atoms with van der Waals surface area (Å²) < 4.78 is 0. The zero-order chi connectivity index (χ0) is 11.3. The largest absolute Gasteiger partial charge is 0.370 e. The van der Waals surface area contributed by atoms with Crippen molar-refractivity contribution in [2.24, 2.45) is 5.41 Å². The van der Waals surface area contributed by atoms with Crippen LogP contribution < -0.4 is 5.32 Å².